The molecular formula is C17H22F2O3. The molecule has 3 nitrogen and oxygen atoms in total. The van der Waals surface area contributed by atoms with E-state index in [0.717, 1.165) is 19.3 Å². The summed E-state index contributed by atoms with van der Waals surface area (Å²) in [6.45, 7) is 5.38. The highest BCUT2D eigenvalue weighted by molar-refractivity contribution is 5.93. The van der Waals surface area contributed by atoms with E-state index in [0.29, 0.717) is 12.2 Å². The van der Waals surface area contributed by atoms with E-state index in [9.17, 15) is 13.6 Å². The average Bonchev–Trinajstić information content (AvgIpc) is 2.53. The minimum Gasteiger partial charge on any atom is -0.497 e. The molecule has 122 valence electrons. The molecule has 1 aromatic rings. The van der Waals surface area contributed by atoms with Gasteiger partial charge in [-0.05, 0) is 24.1 Å². The van der Waals surface area contributed by atoms with Crippen LogP contribution in [0.4, 0.5) is 8.78 Å². The highest BCUT2D eigenvalue weighted by Crippen LogP contribution is 2.33. The first-order valence-corrected chi connectivity index (χ1v) is 7.32. The van der Waals surface area contributed by atoms with Gasteiger partial charge in [0.2, 0.25) is 0 Å². The first-order chi connectivity index (χ1) is 10.4. The molecule has 0 fully saturated rings. The average molecular weight is 312 g/mol. The van der Waals surface area contributed by atoms with Gasteiger partial charge in [-0.15, -0.1) is 0 Å². The fourth-order valence-corrected chi connectivity index (χ4v) is 1.90. The van der Waals surface area contributed by atoms with Crippen LogP contribution in [0.3, 0.4) is 0 Å². The molecule has 22 heavy (non-hydrogen) atoms. The first-order valence-electron chi connectivity index (χ1n) is 7.32. The highest BCUT2D eigenvalue weighted by atomic mass is 19.3. The summed E-state index contributed by atoms with van der Waals surface area (Å²) in [4.78, 5) is 11.6. The van der Waals surface area contributed by atoms with Crippen LogP contribution in [0.1, 0.15) is 38.2 Å². The predicted molar refractivity (Wildman–Crippen MR) is 82.1 cm³/mol. The van der Waals surface area contributed by atoms with Crippen LogP contribution in [0.15, 0.2) is 30.8 Å². The summed E-state index contributed by atoms with van der Waals surface area (Å²) in [5.41, 5.74) is -0.447. The summed E-state index contributed by atoms with van der Waals surface area (Å²) in [5.74, 6) is -4.89. The largest absolute Gasteiger partial charge is 0.497 e. The number of benzene rings is 1. The van der Waals surface area contributed by atoms with E-state index in [1.807, 2.05) is 6.92 Å². The molecule has 0 N–H and O–H groups in total. The summed E-state index contributed by atoms with van der Waals surface area (Å²) in [6, 6.07) is 6.05. The van der Waals surface area contributed by atoms with E-state index in [4.69, 9.17) is 4.74 Å². The number of hydrogen-bond acceptors (Lipinski definition) is 3. The summed E-state index contributed by atoms with van der Waals surface area (Å²) >= 11 is 0. The number of unbranched alkanes of at least 4 members (excludes halogenated alkanes) is 3. The maximum absolute atomic E-state index is 14.1. The van der Waals surface area contributed by atoms with Crippen molar-refractivity contribution >= 4 is 11.5 Å². The van der Waals surface area contributed by atoms with Crippen molar-refractivity contribution in [2.75, 3.05) is 13.7 Å². The smallest absolute Gasteiger partial charge is 0.381 e. The van der Waals surface area contributed by atoms with Crippen molar-refractivity contribution < 1.29 is 23.0 Å². The molecule has 0 atom stereocenters. The van der Waals surface area contributed by atoms with Gasteiger partial charge in [-0.25, -0.2) is 4.79 Å². The van der Waals surface area contributed by atoms with Crippen molar-refractivity contribution in [3.8, 4) is 5.75 Å². The summed E-state index contributed by atoms with van der Waals surface area (Å²) in [7, 11) is 1.44. The van der Waals surface area contributed by atoms with Crippen LogP contribution in [-0.4, -0.2) is 25.6 Å². The second-order valence-corrected chi connectivity index (χ2v) is 4.98. The number of carbonyl (C=O) groups is 1. The fourth-order valence-electron chi connectivity index (χ4n) is 1.90. The molecule has 0 unspecified atom stereocenters. The summed E-state index contributed by atoms with van der Waals surface area (Å²) in [6.07, 6.45) is 3.45. The van der Waals surface area contributed by atoms with Crippen LogP contribution in [-0.2, 0) is 9.53 Å². The van der Waals surface area contributed by atoms with Gasteiger partial charge in [0.05, 0.1) is 13.7 Å². The van der Waals surface area contributed by atoms with Crippen molar-refractivity contribution in [1.29, 1.82) is 0 Å². The molecule has 5 heteroatoms. The molecule has 0 aliphatic rings. The SMILES string of the molecule is C=C(c1cccc(OC)c1)C(F)(F)C(=O)OCCCCCC. The summed E-state index contributed by atoms with van der Waals surface area (Å²) in [5, 5.41) is 0. The van der Waals surface area contributed by atoms with E-state index < -0.39 is 17.5 Å². The molecule has 0 amide bonds. The Labute approximate surface area is 129 Å². The topological polar surface area (TPSA) is 35.5 Å². The number of rotatable bonds is 9. The van der Waals surface area contributed by atoms with Gasteiger partial charge >= 0.3 is 11.9 Å². The Balaban J connectivity index is 2.66. The number of carbonyl (C=O) groups excluding carboxylic acids is 1. The van der Waals surface area contributed by atoms with Gasteiger partial charge in [0.1, 0.15) is 5.75 Å². The molecule has 0 aliphatic heterocycles. The van der Waals surface area contributed by atoms with Crippen LogP contribution >= 0.6 is 0 Å². The molecule has 0 saturated heterocycles. The second-order valence-electron chi connectivity index (χ2n) is 4.98. The van der Waals surface area contributed by atoms with Crippen molar-refractivity contribution in [2.45, 2.75) is 38.5 Å². The standard InChI is InChI=1S/C17H22F2O3/c1-4-5-6-7-11-22-16(20)17(18,19)13(2)14-9-8-10-15(12-14)21-3/h8-10,12H,2,4-7,11H2,1,3H3. The first kappa shape index (κ1) is 18.1. The minimum absolute atomic E-state index is 0.000184. The number of hydrogen-bond donors (Lipinski definition) is 0. The Hall–Kier alpha value is -1.91. The number of methoxy groups -OCH3 is 1. The third-order valence-electron chi connectivity index (χ3n) is 3.28. The van der Waals surface area contributed by atoms with Crippen LogP contribution in [0.2, 0.25) is 0 Å². The fraction of sp³-hybridized carbons (Fsp3) is 0.471. The molecule has 0 heterocycles. The van der Waals surface area contributed by atoms with Crippen molar-refractivity contribution in [1.82, 2.24) is 0 Å². The Bertz CT molecular complexity index is 512. The van der Waals surface area contributed by atoms with Crippen molar-refractivity contribution in [3.05, 3.63) is 36.4 Å². The van der Waals surface area contributed by atoms with E-state index >= 15 is 0 Å². The van der Waals surface area contributed by atoms with Gasteiger partial charge in [0.25, 0.3) is 0 Å². The van der Waals surface area contributed by atoms with E-state index in [1.165, 1.54) is 19.2 Å². The second kappa shape index (κ2) is 8.51. The Kier molecular flexibility index (Phi) is 7.02. The third-order valence-corrected chi connectivity index (χ3v) is 3.28. The monoisotopic (exact) mass is 312 g/mol. The number of esters is 1. The molecule has 1 aromatic carbocycles. The summed E-state index contributed by atoms with van der Waals surface area (Å²) < 4.78 is 37.8. The zero-order valence-electron chi connectivity index (χ0n) is 13.0. The molecule has 0 saturated carbocycles. The zero-order valence-corrected chi connectivity index (χ0v) is 13.0. The van der Waals surface area contributed by atoms with E-state index in [1.54, 1.807) is 12.1 Å². The lowest BCUT2D eigenvalue weighted by Crippen LogP contribution is -2.32. The zero-order chi connectivity index (χ0) is 16.6. The van der Waals surface area contributed by atoms with Gasteiger partial charge in [-0.3, -0.25) is 0 Å². The molecule has 1 rings (SSSR count). The number of alkyl halides is 2. The van der Waals surface area contributed by atoms with Gasteiger partial charge in [-0.1, -0.05) is 44.9 Å². The van der Waals surface area contributed by atoms with Gasteiger partial charge in [0.15, 0.2) is 0 Å². The van der Waals surface area contributed by atoms with Crippen LogP contribution < -0.4 is 4.74 Å². The highest BCUT2D eigenvalue weighted by Gasteiger charge is 2.44. The predicted octanol–water partition coefficient (Wildman–Crippen LogP) is 4.47. The lowest BCUT2D eigenvalue weighted by Gasteiger charge is -2.18. The Morgan fingerprint density at radius 3 is 2.64 bits per heavy atom. The Morgan fingerprint density at radius 2 is 2.00 bits per heavy atom. The van der Waals surface area contributed by atoms with Crippen molar-refractivity contribution in [2.24, 2.45) is 0 Å². The molecule has 0 bridgehead atoms. The molecule has 0 aliphatic carbocycles. The van der Waals surface area contributed by atoms with Crippen LogP contribution in [0, 0.1) is 0 Å². The lowest BCUT2D eigenvalue weighted by atomic mass is 10.0. The van der Waals surface area contributed by atoms with E-state index in [2.05, 4.69) is 11.3 Å². The molecule has 0 radical (unpaired) electrons. The number of halogens is 2. The molecular weight excluding hydrogens is 290 g/mol. The lowest BCUT2D eigenvalue weighted by molar-refractivity contribution is -0.163. The third kappa shape index (κ3) is 4.83. The maximum atomic E-state index is 14.1. The van der Waals surface area contributed by atoms with Crippen LogP contribution in [0.25, 0.3) is 5.57 Å². The number of ether oxygens (including phenoxy) is 2. The maximum Gasteiger partial charge on any atom is 0.381 e. The van der Waals surface area contributed by atoms with E-state index in [-0.39, 0.29) is 12.2 Å². The van der Waals surface area contributed by atoms with Gasteiger partial charge in [0, 0.05) is 5.57 Å². The van der Waals surface area contributed by atoms with Crippen molar-refractivity contribution in [3.63, 3.8) is 0 Å². The molecule has 0 aromatic heterocycles. The normalized spacial score (nSPS) is 11.1. The quantitative estimate of drug-likeness (QED) is 0.498. The minimum atomic E-state index is -3.75. The van der Waals surface area contributed by atoms with Gasteiger partial charge < -0.3 is 9.47 Å². The Morgan fingerprint density at radius 1 is 1.27 bits per heavy atom. The van der Waals surface area contributed by atoms with Gasteiger partial charge in [-0.2, -0.15) is 8.78 Å². The molecule has 0 spiro atoms. The van der Waals surface area contributed by atoms with Crippen LogP contribution in [0.5, 0.6) is 5.75 Å².